The monoisotopic (exact) mass is 227 g/mol. The van der Waals surface area contributed by atoms with Gasteiger partial charge in [0.2, 0.25) is 0 Å². The summed E-state index contributed by atoms with van der Waals surface area (Å²) in [6, 6.07) is 15.7. The summed E-state index contributed by atoms with van der Waals surface area (Å²) >= 11 is 1.37. The Morgan fingerprint density at radius 3 is 2.25 bits per heavy atom. The lowest BCUT2D eigenvalue weighted by Crippen LogP contribution is -2.14. The number of hydrogen-bond acceptors (Lipinski definition) is 2. The van der Waals surface area contributed by atoms with Crippen LogP contribution >= 0.6 is 11.9 Å². The fourth-order valence-corrected chi connectivity index (χ4v) is 2.60. The summed E-state index contributed by atoms with van der Waals surface area (Å²) in [5, 5.41) is 0. The van der Waals surface area contributed by atoms with Crippen molar-refractivity contribution in [3.05, 3.63) is 54.1 Å². The Kier molecular flexibility index (Phi) is 2.18. The third-order valence-corrected chi connectivity index (χ3v) is 3.47. The molecule has 2 aromatic rings. The van der Waals surface area contributed by atoms with Gasteiger partial charge in [0, 0.05) is 10.5 Å². The molecule has 16 heavy (non-hydrogen) atoms. The van der Waals surface area contributed by atoms with E-state index in [9.17, 15) is 4.79 Å². The molecule has 3 rings (SSSR count). The second kappa shape index (κ2) is 3.68. The summed E-state index contributed by atoms with van der Waals surface area (Å²) in [6.45, 7) is 0. The molecule has 0 aromatic heterocycles. The minimum atomic E-state index is -0.0307. The molecule has 3 heteroatoms. The van der Waals surface area contributed by atoms with Crippen LogP contribution in [0.25, 0.3) is 11.1 Å². The van der Waals surface area contributed by atoms with Crippen molar-refractivity contribution in [1.82, 2.24) is 4.72 Å². The highest BCUT2D eigenvalue weighted by atomic mass is 32.2. The molecule has 0 atom stereocenters. The molecule has 1 N–H and O–H groups in total. The fraction of sp³-hybridized carbons (Fsp3) is 0. The van der Waals surface area contributed by atoms with Crippen molar-refractivity contribution in [2.45, 2.75) is 4.90 Å². The van der Waals surface area contributed by atoms with E-state index in [0.29, 0.717) is 0 Å². The van der Waals surface area contributed by atoms with Gasteiger partial charge in [0.15, 0.2) is 0 Å². The Labute approximate surface area is 97.8 Å². The molecule has 0 radical (unpaired) electrons. The van der Waals surface area contributed by atoms with Crippen molar-refractivity contribution in [2.24, 2.45) is 0 Å². The van der Waals surface area contributed by atoms with Gasteiger partial charge in [-0.15, -0.1) is 0 Å². The Bertz CT molecular complexity index is 565. The number of carbonyl (C=O) groups excluding carboxylic acids is 1. The lowest BCUT2D eigenvalue weighted by molar-refractivity contribution is 0.0985. The van der Waals surface area contributed by atoms with Gasteiger partial charge in [-0.25, -0.2) is 0 Å². The van der Waals surface area contributed by atoms with E-state index in [1.165, 1.54) is 11.9 Å². The first-order valence-electron chi connectivity index (χ1n) is 5.02. The molecule has 0 unspecified atom stereocenters. The molecule has 78 valence electrons. The second-order valence-corrected chi connectivity index (χ2v) is 4.42. The Morgan fingerprint density at radius 2 is 1.44 bits per heavy atom. The molecule has 2 aromatic carbocycles. The van der Waals surface area contributed by atoms with Crippen LogP contribution in [0.2, 0.25) is 0 Å². The lowest BCUT2D eigenvalue weighted by atomic mass is 9.99. The van der Waals surface area contributed by atoms with E-state index in [1.54, 1.807) is 0 Å². The number of nitrogens with one attached hydrogen (secondary N) is 1. The van der Waals surface area contributed by atoms with E-state index in [4.69, 9.17) is 0 Å². The van der Waals surface area contributed by atoms with Crippen LogP contribution in [0.3, 0.4) is 0 Å². The van der Waals surface area contributed by atoms with Crippen LogP contribution in [0.1, 0.15) is 10.4 Å². The van der Waals surface area contributed by atoms with Gasteiger partial charge < -0.3 is 0 Å². The first-order chi connectivity index (χ1) is 7.86. The first-order valence-corrected chi connectivity index (χ1v) is 5.83. The molecule has 0 bridgehead atoms. The summed E-state index contributed by atoms with van der Waals surface area (Å²) < 4.78 is 2.83. The van der Waals surface area contributed by atoms with E-state index < -0.39 is 0 Å². The average Bonchev–Trinajstić information content (AvgIpc) is 2.49. The zero-order chi connectivity index (χ0) is 11.0. The standard InChI is InChI=1S/C13H9NOS/c15-13-11-7-2-1-5-9(11)10-6-3-4-8-12(10)16-14-13/h1-8H,(H,14,15). The van der Waals surface area contributed by atoms with Crippen LogP contribution in [0, 0.1) is 0 Å². The van der Waals surface area contributed by atoms with Crippen molar-refractivity contribution in [1.29, 1.82) is 0 Å². The molecule has 1 amide bonds. The summed E-state index contributed by atoms with van der Waals surface area (Å²) in [6.07, 6.45) is 0. The largest absolute Gasteiger partial charge is 0.292 e. The van der Waals surface area contributed by atoms with Crippen molar-refractivity contribution >= 4 is 17.9 Å². The zero-order valence-electron chi connectivity index (χ0n) is 8.44. The third kappa shape index (κ3) is 1.41. The SMILES string of the molecule is O=C1NSc2ccccc2-c2ccccc21. The van der Waals surface area contributed by atoms with E-state index in [0.717, 1.165) is 21.6 Å². The van der Waals surface area contributed by atoms with E-state index in [2.05, 4.69) is 4.72 Å². The molecule has 0 spiro atoms. The van der Waals surface area contributed by atoms with Crippen molar-refractivity contribution < 1.29 is 4.79 Å². The van der Waals surface area contributed by atoms with Crippen molar-refractivity contribution in [3.63, 3.8) is 0 Å². The maximum Gasteiger partial charge on any atom is 0.261 e. The highest BCUT2D eigenvalue weighted by molar-refractivity contribution is 7.98. The predicted molar refractivity (Wildman–Crippen MR) is 65.2 cm³/mol. The van der Waals surface area contributed by atoms with Crippen LogP contribution in [0.5, 0.6) is 0 Å². The molecule has 1 aliphatic rings. The number of carbonyl (C=O) groups is 1. The molecule has 0 aliphatic carbocycles. The maximum atomic E-state index is 11.8. The summed E-state index contributed by atoms with van der Waals surface area (Å²) in [5.41, 5.74) is 2.85. The predicted octanol–water partition coefficient (Wildman–Crippen LogP) is 3.10. The van der Waals surface area contributed by atoms with Gasteiger partial charge in [0.25, 0.3) is 5.91 Å². The minimum absolute atomic E-state index is 0.0307. The molecular weight excluding hydrogens is 218 g/mol. The molecule has 0 saturated carbocycles. The molecule has 0 fully saturated rings. The van der Waals surface area contributed by atoms with Crippen LogP contribution in [0.15, 0.2) is 53.4 Å². The lowest BCUT2D eigenvalue weighted by Gasteiger charge is -2.05. The van der Waals surface area contributed by atoms with Gasteiger partial charge in [-0.3, -0.25) is 9.52 Å². The number of amides is 1. The molecule has 1 aliphatic heterocycles. The van der Waals surface area contributed by atoms with Gasteiger partial charge in [-0.2, -0.15) is 0 Å². The molecule has 2 nitrogen and oxygen atoms in total. The van der Waals surface area contributed by atoms with Gasteiger partial charge in [-0.1, -0.05) is 36.4 Å². The number of hydrogen-bond donors (Lipinski definition) is 1. The Morgan fingerprint density at radius 1 is 0.812 bits per heavy atom. The van der Waals surface area contributed by atoms with E-state index in [1.807, 2.05) is 48.5 Å². The second-order valence-electron chi connectivity index (χ2n) is 3.57. The maximum absolute atomic E-state index is 11.8. The molecular formula is C13H9NOS. The molecule has 1 heterocycles. The summed E-state index contributed by atoms with van der Waals surface area (Å²) in [4.78, 5) is 12.9. The van der Waals surface area contributed by atoms with E-state index >= 15 is 0 Å². The molecule has 0 saturated heterocycles. The third-order valence-electron chi connectivity index (χ3n) is 2.60. The van der Waals surface area contributed by atoms with Gasteiger partial charge in [0.05, 0.1) is 0 Å². The van der Waals surface area contributed by atoms with Crippen molar-refractivity contribution in [3.8, 4) is 11.1 Å². The van der Waals surface area contributed by atoms with Gasteiger partial charge >= 0.3 is 0 Å². The van der Waals surface area contributed by atoms with Crippen LogP contribution in [-0.4, -0.2) is 5.91 Å². The highest BCUT2D eigenvalue weighted by Gasteiger charge is 2.18. The summed E-state index contributed by atoms with van der Waals surface area (Å²) in [7, 11) is 0. The van der Waals surface area contributed by atoms with Gasteiger partial charge in [0.1, 0.15) is 0 Å². The number of benzene rings is 2. The summed E-state index contributed by atoms with van der Waals surface area (Å²) in [5.74, 6) is -0.0307. The van der Waals surface area contributed by atoms with Crippen LogP contribution in [0.4, 0.5) is 0 Å². The number of fused-ring (bicyclic) bond motifs is 3. The van der Waals surface area contributed by atoms with E-state index in [-0.39, 0.29) is 5.91 Å². The minimum Gasteiger partial charge on any atom is -0.292 e. The van der Waals surface area contributed by atoms with Gasteiger partial charge in [-0.05, 0) is 35.2 Å². The fourth-order valence-electron chi connectivity index (χ4n) is 1.85. The Hall–Kier alpha value is -1.74. The highest BCUT2D eigenvalue weighted by Crippen LogP contribution is 2.34. The van der Waals surface area contributed by atoms with Crippen LogP contribution < -0.4 is 4.72 Å². The number of rotatable bonds is 0. The zero-order valence-corrected chi connectivity index (χ0v) is 9.25. The quantitative estimate of drug-likeness (QED) is 0.701. The van der Waals surface area contributed by atoms with Crippen LogP contribution in [-0.2, 0) is 0 Å². The smallest absolute Gasteiger partial charge is 0.261 e. The topological polar surface area (TPSA) is 29.1 Å². The first kappa shape index (κ1) is 9.48. The Balaban J connectivity index is 2.32. The normalized spacial score (nSPS) is 13.4. The van der Waals surface area contributed by atoms with Crippen molar-refractivity contribution in [2.75, 3.05) is 0 Å². The average molecular weight is 227 g/mol.